The number of carbonyl (C=O) groups excluding carboxylic acids is 1. The fraction of sp³-hybridized carbons (Fsp3) is 0.708. The highest BCUT2D eigenvalue weighted by molar-refractivity contribution is 5.77. The molecule has 2 aliphatic heterocycles. The minimum atomic E-state index is -0.376. The number of piperidine rings is 1. The van der Waals surface area contributed by atoms with Gasteiger partial charge in [-0.05, 0) is 68.1 Å². The Morgan fingerprint density at radius 3 is 2.45 bits per heavy atom. The van der Waals surface area contributed by atoms with E-state index >= 15 is 0 Å². The molecule has 2 N–H and O–H groups in total. The Morgan fingerprint density at radius 2 is 1.79 bits per heavy atom. The maximum absolute atomic E-state index is 12.3. The van der Waals surface area contributed by atoms with Gasteiger partial charge >= 0.3 is 0 Å². The molecule has 1 saturated carbocycles. The molecule has 3 atom stereocenters. The zero-order valence-corrected chi connectivity index (χ0v) is 17.5. The number of nitrogens with zero attached hydrogens (tertiary/aromatic N) is 2. The number of phenols is 1. The predicted octanol–water partition coefficient (Wildman–Crippen LogP) is 3.50. The number of aliphatic hydroxyl groups excluding tert-OH is 1. The maximum atomic E-state index is 12.3. The Bertz CT molecular complexity index is 674. The van der Waals surface area contributed by atoms with Crippen molar-refractivity contribution in [3.8, 4) is 5.75 Å². The van der Waals surface area contributed by atoms with E-state index in [1.165, 1.54) is 50.5 Å². The third kappa shape index (κ3) is 4.95. The van der Waals surface area contributed by atoms with E-state index < -0.39 is 0 Å². The monoisotopic (exact) mass is 400 g/mol. The Balaban J connectivity index is 1.34. The van der Waals surface area contributed by atoms with E-state index in [2.05, 4.69) is 11.0 Å². The number of aromatic hydroxyl groups is 1. The zero-order chi connectivity index (χ0) is 20.2. The van der Waals surface area contributed by atoms with E-state index in [4.69, 9.17) is 0 Å². The third-order valence-corrected chi connectivity index (χ3v) is 7.55. The van der Waals surface area contributed by atoms with Crippen LogP contribution in [-0.2, 0) is 4.79 Å². The lowest BCUT2D eigenvalue weighted by Crippen LogP contribution is -2.48. The first-order valence-electron chi connectivity index (χ1n) is 11.6. The summed E-state index contributed by atoms with van der Waals surface area (Å²) in [4.78, 5) is 16.9. The minimum Gasteiger partial charge on any atom is -0.508 e. The van der Waals surface area contributed by atoms with Crippen LogP contribution in [0.15, 0.2) is 24.3 Å². The first kappa shape index (κ1) is 20.7. The molecule has 3 aliphatic rings. The second-order valence-electron chi connectivity index (χ2n) is 9.39. The maximum Gasteiger partial charge on any atom is 0.248 e. The lowest BCUT2D eigenvalue weighted by atomic mass is 9.85. The van der Waals surface area contributed by atoms with Gasteiger partial charge in [-0.15, -0.1) is 0 Å². The molecule has 3 fully saturated rings. The smallest absolute Gasteiger partial charge is 0.248 e. The summed E-state index contributed by atoms with van der Waals surface area (Å²) in [7, 11) is 0. The van der Waals surface area contributed by atoms with Crippen molar-refractivity contribution in [1.29, 1.82) is 0 Å². The van der Waals surface area contributed by atoms with E-state index in [1.807, 2.05) is 17.0 Å². The minimum absolute atomic E-state index is 0.113. The van der Waals surface area contributed by atoms with Gasteiger partial charge in [0.05, 0.1) is 0 Å². The number of rotatable bonds is 7. The number of amides is 1. The van der Waals surface area contributed by atoms with Crippen LogP contribution < -0.4 is 0 Å². The van der Waals surface area contributed by atoms with Crippen molar-refractivity contribution in [1.82, 2.24) is 9.80 Å². The van der Waals surface area contributed by atoms with Gasteiger partial charge in [-0.3, -0.25) is 9.69 Å². The predicted molar refractivity (Wildman–Crippen MR) is 114 cm³/mol. The number of fused-ring (bicyclic) bond motifs is 2. The quantitative estimate of drug-likeness (QED) is 0.735. The SMILES string of the molecule is O=C(CO)N(CCN1[C@@H]2CC[C@H]1C[C@@H](c1cccc(O)c1)C2)CC1CCCCC1. The molecule has 29 heavy (non-hydrogen) atoms. The van der Waals surface area contributed by atoms with Crippen LogP contribution >= 0.6 is 0 Å². The van der Waals surface area contributed by atoms with Gasteiger partial charge in [0.1, 0.15) is 12.4 Å². The summed E-state index contributed by atoms with van der Waals surface area (Å²) in [6, 6.07) is 8.90. The van der Waals surface area contributed by atoms with E-state index in [1.54, 1.807) is 6.07 Å². The standard InChI is InChI=1S/C24H36N2O3/c27-17-24(29)25(16-18-5-2-1-3-6-18)11-12-26-21-9-10-22(26)14-20(13-21)19-7-4-8-23(28)15-19/h4,7-8,15,18,20-22,27-28H,1-3,5-6,9-14,16-17H2/t20-,21+,22-. The molecule has 5 heteroatoms. The Morgan fingerprint density at radius 1 is 1.07 bits per heavy atom. The molecule has 0 radical (unpaired) electrons. The Hall–Kier alpha value is -1.59. The van der Waals surface area contributed by atoms with Crippen LogP contribution in [0, 0.1) is 5.92 Å². The molecule has 1 aromatic rings. The van der Waals surface area contributed by atoms with Gasteiger partial charge in [0.2, 0.25) is 5.91 Å². The summed E-state index contributed by atoms with van der Waals surface area (Å²) in [5.41, 5.74) is 1.26. The van der Waals surface area contributed by atoms with Crippen molar-refractivity contribution in [3.05, 3.63) is 29.8 Å². The van der Waals surface area contributed by atoms with Crippen molar-refractivity contribution in [2.75, 3.05) is 26.2 Å². The molecule has 1 amide bonds. The summed E-state index contributed by atoms with van der Waals surface area (Å²) in [6.07, 6.45) is 11.0. The first-order valence-corrected chi connectivity index (χ1v) is 11.6. The van der Waals surface area contributed by atoms with Gasteiger partial charge in [0, 0.05) is 31.7 Å². The number of aliphatic hydroxyl groups is 1. The second kappa shape index (κ2) is 9.48. The van der Waals surface area contributed by atoms with E-state index in [0.29, 0.717) is 29.7 Å². The number of phenolic OH excluding ortho intramolecular Hbond substituents is 1. The molecule has 1 aliphatic carbocycles. The number of hydrogen-bond donors (Lipinski definition) is 2. The average Bonchev–Trinajstić information content (AvgIpc) is 2.98. The normalized spacial score (nSPS) is 27.8. The van der Waals surface area contributed by atoms with Crippen LogP contribution in [0.25, 0.3) is 0 Å². The van der Waals surface area contributed by atoms with Crippen molar-refractivity contribution in [2.24, 2.45) is 5.92 Å². The Labute approximate surface area is 174 Å². The van der Waals surface area contributed by atoms with Crippen molar-refractivity contribution in [2.45, 2.75) is 75.8 Å². The molecule has 0 aromatic heterocycles. The second-order valence-corrected chi connectivity index (χ2v) is 9.39. The molecule has 2 bridgehead atoms. The molecule has 2 heterocycles. The van der Waals surface area contributed by atoms with Crippen molar-refractivity contribution < 1.29 is 15.0 Å². The molecule has 0 unspecified atom stereocenters. The van der Waals surface area contributed by atoms with Crippen LogP contribution in [0.4, 0.5) is 0 Å². The van der Waals surface area contributed by atoms with Crippen LogP contribution in [0.5, 0.6) is 5.75 Å². The number of benzene rings is 1. The van der Waals surface area contributed by atoms with Crippen LogP contribution in [0.2, 0.25) is 0 Å². The molecule has 5 nitrogen and oxygen atoms in total. The van der Waals surface area contributed by atoms with Gasteiger partial charge in [0.25, 0.3) is 0 Å². The molecule has 0 spiro atoms. The lowest BCUT2D eigenvalue weighted by molar-refractivity contribution is -0.135. The van der Waals surface area contributed by atoms with Crippen molar-refractivity contribution >= 4 is 5.91 Å². The van der Waals surface area contributed by atoms with E-state index in [0.717, 1.165) is 32.5 Å². The Kier molecular flexibility index (Phi) is 6.76. The molecule has 4 rings (SSSR count). The van der Waals surface area contributed by atoms with Gasteiger partial charge in [-0.25, -0.2) is 0 Å². The highest BCUT2D eigenvalue weighted by atomic mass is 16.3. The molecular formula is C24H36N2O3. The van der Waals surface area contributed by atoms with Crippen LogP contribution in [0.3, 0.4) is 0 Å². The molecular weight excluding hydrogens is 364 g/mol. The van der Waals surface area contributed by atoms with E-state index in [9.17, 15) is 15.0 Å². The third-order valence-electron chi connectivity index (χ3n) is 7.55. The van der Waals surface area contributed by atoms with Gasteiger partial charge in [-0.2, -0.15) is 0 Å². The first-order chi connectivity index (χ1) is 14.1. The highest BCUT2D eigenvalue weighted by Crippen LogP contribution is 2.43. The largest absolute Gasteiger partial charge is 0.508 e. The van der Waals surface area contributed by atoms with Crippen LogP contribution in [0.1, 0.15) is 69.3 Å². The van der Waals surface area contributed by atoms with Gasteiger partial charge in [0.15, 0.2) is 0 Å². The lowest BCUT2D eigenvalue weighted by Gasteiger charge is -2.40. The highest BCUT2D eigenvalue weighted by Gasteiger charge is 2.41. The number of hydrogen-bond acceptors (Lipinski definition) is 4. The zero-order valence-electron chi connectivity index (χ0n) is 17.5. The van der Waals surface area contributed by atoms with E-state index in [-0.39, 0.29) is 12.5 Å². The summed E-state index contributed by atoms with van der Waals surface area (Å²) >= 11 is 0. The number of carbonyl (C=O) groups is 1. The summed E-state index contributed by atoms with van der Waals surface area (Å²) in [6.45, 7) is 2.09. The summed E-state index contributed by atoms with van der Waals surface area (Å²) in [5.74, 6) is 1.37. The summed E-state index contributed by atoms with van der Waals surface area (Å²) < 4.78 is 0. The fourth-order valence-electron chi connectivity index (χ4n) is 6.03. The topological polar surface area (TPSA) is 64.0 Å². The van der Waals surface area contributed by atoms with Crippen molar-refractivity contribution in [3.63, 3.8) is 0 Å². The van der Waals surface area contributed by atoms with Gasteiger partial charge in [-0.1, -0.05) is 31.4 Å². The molecule has 2 saturated heterocycles. The summed E-state index contributed by atoms with van der Waals surface area (Å²) in [5, 5.41) is 19.3. The van der Waals surface area contributed by atoms with Crippen LogP contribution in [-0.4, -0.2) is 64.2 Å². The average molecular weight is 401 g/mol. The fourth-order valence-corrected chi connectivity index (χ4v) is 6.03. The molecule has 1 aromatic carbocycles. The molecule has 160 valence electrons. The van der Waals surface area contributed by atoms with Gasteiger partial charge < -0.3 is 15.1 Å².